The Hall–Kier alpha value is -1.34. The standard InChI is InChI=1S/C26H38FNO2SSi/c1-24(2,3)31(29)28-23(26(27)18-19-26)17-20-30-32(25(4,5)6,21-13-9-7-10-14-21)22-15-11-8-12-16-22/h7-16,23,28H,17-20H2,1-6H3/t23-,31+/m0/s1. The van der Waals surface area contributed by atoms with Gasteiger partial charge in [0.05, 0.1) is 21.8 Å². The number of nitrogens with one attached hydrogen (secondary N) is 1. The van der Waals surface area contributed by atoms with Crippen molar-refractivity contribution < 1.29 is 13.0 Å². The largest absolute Gasteiger partial charge is 0.407 e. The predicted octanol–water partition coefficient (Wildman–Crippen LogP) is 4.88. The lowest BCUT2D eigenvalue weighted by Crippen LogP contribution is -2.66. The van der Waals surface area contributed by atoms with Gasteiger partial charge in [-0.3, -0.25) is 0 Å². The van der Waals surface area contributed by atoms with E-state index in [9.17, 15) is 4.21 Å². The van der Waals surface area contributed by atoms with E-state index in [-0.39, 0.29) is 5.04 Å². The Morgan fingerprint density at radius 2 is 1.44 bits per heavy atom. The number of alkyl halides is 1. The van der Waals surface area contributed by atoms with Gasteiger partial charge in [0.1, 0.15) is 5.67 Å². The van der Waals surface area contributed by atoms with Gasteiger partial charge in [-0.15, -0.1) is 0 Å². The smallest absolute Gasteiger partial charge is 0.261 e. The molecule has 1 aliphatic carbocycles. The molecule has 0 amide bonds. The first-order valence-electron chi connectivity index (χ1n) is 11.5. The Labute approximate surface area is 196 Å². The second kappa shape index (κ2) is 9.49. The molecule has 0 heterocycles. The van der Waals surface area contributed by atoms with Crippen molar-refractivity contribution in [2.75, 3.05) is 6.61 Å². The summed E-state index contributed by atoms with van der Waals surface area (Å²) in [6.45, 7) is 12.8. The Kier molecular flexibility index (Phi) is 7.50. The first kappa shape index (κ1) is 25.3. The quantitative estimate of drug-likeness (QED) is 0.525. The van der Waals surface area contributed by atoms with Crippen molar-refractivity contribution in [1.29, 1.82) is 0 Å². The van der Waals surface area contributed by atoms with E-state index in [0.717, 1.165) is 0 Å². The maximum Gasteiger partial charge on any atom is 0.261 e. The van der Waals surface area contributed by atoms with Gasteiger partial charge in [0.15, 0.2) is 0 Å². The normalized spacial score (nSPS) is 18.2. The van der Waals surface area contributed by atoms with Crippen molar-refractivity contribution in [3.63, 3.8) is 0 Å². The molecule has 3 rings (SSSR count). The van der Waals surface area contributed by atoms with E-state index in [0.29, 0.717) is 25.9 Å². The number of hydrogen-bond acceptors (Lipinski definition) is 2. The molecule has 0 spiro atoms. The monoisotopic (exact) mass is 475 g/mol. The van der Waals surface area contributed by atoms with Gasteiger partial charge in [-0.05, 0) is 55.4 Å². The highest BCUT2D eigenvalue weighted by Gasteiger charge is 2.53. The number of benzene rings is 2. The van der Waals surface area contributed by atoms with Gasteiger partial charge in [-0.1, -0.05) is 81.4 Å². The van der Waals surface area contributed by atoms with Crippen molar-refractivity contribution in [2.24, 2.45) is 0 Å². The van der Waals surface area contributed by atoms with Gasteiger partial charge in [0, 0.05) is 6.61 Å². The zero-order valence-corrected chi connectivity index (χ0v) is 22.1. The molecule has 1 N–H and O–H groups in total. The summed E-state index contributed by atoms with van der Waals surface area (Å²) in [5, 5.41) is 2.30. The van der Waals surface area contributed by atoms with Crippen LogP contribution in [0.3, 0.4) is 0 Å². The van der Waals surface area contributed by atoms with Gasteiger partial charge in [0.25, 0.3) is 8.32 Å². The SMILES string of the molecule is CC(C)(C)[S@@](=O)N[C@@H](CCO[Si](c1ccccc1)(c1ccccc1)C(C)(C)C)C1(F)CC1. The van der Waals surface area contributed by atoms with Crippen LogP contribution in [0.25, 0.3) is 0 Å². The summed E-state index contributed by atoms with van der Waals surface area (Å²) in [5.74, 6) is 0. The van der Waals surface area contributed by atoms with Gasteiger partial charge >= 0.3 is 0 Å². The van der Waals surface area contributed by atoms with Crippen LogP contribution in [0.4, 0.5) is 4.39 Å². The Morgan fingerprint density at radius 3 is 1.81 bits per heavy atom. The average Bonchev–Trinajstić information content (AvgIpc) is 3.48. The number of halogens is 1. The van der Waals surface area contributed by atoms with Crippen LogP contribution in [0.1, 0.15) is 60.8 Å². The van der Waals surface area contributed by atoms with Gasteiger partial charge < -0.3 is 4.43 Å². The summed E-state index contributed by atoms with van der Waals surface area (Å²) in [6.07, 6.45) is 1.53. The molecule has 6 heteroatoms. The lowest BCUT2D eigenvalue weighted by Gasteiger charge is -2.43. The fraction of sp³-hybridized carbons (Fsp3) is 0.538. The summed E-state index contributed by atoms with van der Waals surface area (Å²) in [5.41, 5.74) is -1.28. The fourth-order valence-electron chi connectivity index (χ4n) is 4.29. The Balaban J connectivity index is 1.89. The highest BCUT2D eigenvalue weighted by atomic mass is 32.2. The van der Waals surface area contributed by atoms with Crippen LogP contribution >= 0.6 is 0 Å². The highest BCUT2D eigenvalue weighted by Crippen LogP contribution is 2.45. The summed E-state index contributed by atoms with van der Waals surface area (Å²) >= 11 is 0. The second-order valence-electron chi connectivity index (χ2n) is 10.9. The molecule has 2 atom stereocenters. The first-order valence-corrected chi connectivity index (χ1v) is 14.6. The van der Waals surface area contributed by atoms with E-state index in [1.807, 2.05) is 32.9 Å². The van der Waals surface area contributed by atoms with Crippen LogP contribution in [0.15, 0.2) is 60.7 Å². The molecule has 0 unspecified atom stereocenters. The molecule has 0 radical (unpaired) electrons. The lowest BCUT2D eigenvalue weighted by molar-refractivity contribution is 0.200. The molecular weight excluding hydrogens is 437 g/mol. The van der Waals surface area contributed by atoms with Gasteiger partial charge in [-0.2, -0.15) is 0 Å². The van der Waals surface area contributed by atoms with Crippen LogP contribution < -0.4 is 15.1 Å². The molecule has 0 aromatic heterocycles. The molecule has 2 aromatic carbocycles. The summed E-state index contributed by atoms with van der Waals surface area (Å²) in [4.78, 5) is 0. The van der Waals surface area contributed by atoms with E-state index >= 15 is 4.39 Å². The highest BCUT2D eigenvalue weighted by molar-refractivity contribution is 7.84. The number of hydrogen-bond donors (Lipinski definition) is 1. The zero-order chi connectivity index (χ0) is 23.6. The molecule has 176 valence electrons. The molecule has 32 heavy (non-hydrogen) atoms. The van der Waals surface area contributed by atoms with Crippen molar-refractivity contribution in [3.05, 3.63) is 60.7 Å². The molecule has 1 saturated carbocycles. The maximum atomic E-state index is 15.2. The first-order chi connectivity index (χ1) is 14.9. The van der Waals surface area contributed by atoms with Crippen molar-refractivity contribution >= 4 is 29.7 Å². The third kappa shape index (κ3) is 5.41. The third-order valence-corrected chi connectivity index (χ3v) is 13.0. The lowest BCUT2D eigenvalue weighted by atomic mass is 10.1. The van der Waals surface area contributed by atoms with Crippen LogP contribution in [0.2, 0.25) is 5.04 Å². The van der Waals surface area contributed by atoms with Crippen LogP contribution in [0, 0.1) is 0 Å². The fourth-order valence-corrected chi connectivity index (χ4v) is 9.81. The van der Waals surface area contributed by atoms with Crippen molar-refractivity contribution in [2.45, 2.75) is 82.3 Å². The van der Waals surface area contributed by atoms with E-state index in [2.05, 4.69) is 74.0 Å². The zero-order valence-electron chi connectivity index (χ0n) is 20.3. The molecule has 0 aliphatic heterocycles. The molecule has 0 saturated heterocycles. The summed E-state index contributed by atoms with van der Waals surface area (Å²) in [6, 6.07) is 20.5. The van der Waals surface area contributed by atoms with Gasteiger partial charge in [-0.25, -0.2) is 13.3 Å². The molecule has 0 bridgehead atoms. The third-order valence-electron chi connectivity index (χ3n) is 6.30. The summed E-state index contributed by atoms with van der Waals surface area (Å²) < 4.78 is 37.5. The Morgan fingerprint density at radius 1 is 0.969 bits per heavy atom. The molecular formula is C26H38FNO2SSi. The van der Waals surface area contributed by atoms with E-state index < -0.39 is 35.8 Å². The van der Waals surface area contributed by atoms with Crippen molar-refractivity contribution in [1.82, 2.24) is 4.72 Å². The predicted molar refractivity (Wildman–Crippen MR) is 136 cm³/mol. The number of rotatable bonds is 9. The van der Waals surface area contributed by atoms with Crippen molar-refractivity contribution in [3.8, 4) is 0 Å². The Bertz CT molecular complexity index is 865. The van der Waals surface area contributed by atoms with E-state index in [4.69, 9.17) is 4.43 Å². The maximum absolute atomic E-state index is 15.2. The molecule has 1 aliphatic rings. The molecule has 1 fully saturated rings. The topological polar surface area (TPSA) is 38.3 Å². The minimum atomic E-state index is -2.66. The molecule has 2 aromatic rings. The van der Waals surface area contributed by atoms with E-state index in [1.165, 1.54) is 10.4 Å². The second-order valence-corrected chi connectivity index (χ2v) is 17.2. The van der Waals surface area contributed by atoms with Crippen LogP contribution in [0.5, 0.6) is 0 Å². The average molecular weight is 476 g/mol. The molecule has 3 nitrogen and oxygen atoms in total. The summed E-state index contributed by atoms with van der Waals surface area (Å²) in [7, 11) is -3.98. The van der Waals surface area contributed by atoms with E-state index in [1.54, 1.807) is 0 Å². The minimum absolute atomic E-state index is 0.125. The minimum Gasteiger partial charge on any atom is -0.407 e. The van der Waals surface area contributed by atoms with Gasteiger partial charge in [0.2, 0.25) is 0 Å². The van der Waals surface area contributed by atoms with Crippen LogP contribution in [-0.2, 0) is 15.4 Å². The van der Waals surface area contributed by atoms with Crippen LogP contribution in [-0.4, -0.2) is 35.6 Å².